The van der Waals surface area contributed by atoms with Gasteiger partial charge in [0.15, 0.2) is 0 Å². The van der Waals surface area contributed by atoms with Crippen LogP contribution >= 0.6 is 15.9 Å². The van der Waals surface area contributed by atoms with Crippen LogP contribution in [-0.2, 0) is 0 Å². The third kappa shape index (κ3) is 3.58. The fourth-order valence-electron chi connectivity index (χ4n) is 1.82. The topological polar surface area (TPSA) is 69.4 Å². The number of nitrogens with two attached hydrogens (primary N) is 1. The molecule has 1 aromatic heterocycles. The van der Waals surface area contributed by atoms with Gasteiger partial charge in [-0.3, -0.25) is 0 Å². The van der Waals surface area contributed by atoms with Gasteiger partial charge >= 0.3 is 0 Å². The largest absolute Gasteiger partial charge is 0.494 e. The van der Waals surface area contributed by atoms with Crippen LogP contribution in [-0.4, -0.2) is 18.6 Å². The van der Waals surface area contributed by atoms with Crippen LogP contribution in [0.5, 0.6) is 17.4 Å². The van der Waals surface area contributed by atoms with E-state index in [9.17, 15) is 0 Å². The number of halogens is 1. The lowest BCUT2D eigenvalue weighted by atomic mass is 10.2. The molecular formula is C15H18BrN3O2. The first kappa shape index (κ1) is 15.4. The van der Waals surface area contributed by atoms with Crippen LogP contribution in [0.3, 0.4) is 0 Å². The van der Waals surface area contributed by atoms with E-state index in [1.165, 1.54) is 0 Å². The number of anilines is 2. The molecule has 112 valence electrons. The molecule has 1 aromatic carbocycles. The Labute approximate surface area is 132 Å². The van der Waals surface area contributed by atoms with Crippen LogP contribution in [0.1, 0.15) is 13.3 Å². The summed E-state index contributed by atoms with van der Waals surface area (Å²) in [6, 6.07) is 7.24. The van der Waals surface area contributed by atoms with Crippen LogP contribution in [0.4, 0.5) is 11.4 Å². The molecule has 0 spiro atoms. The van der Waals surface area contributed by atoms with Crippen molar-refractivity contribution in [3.63, 3.8) is 0 Å². The van der Waals surface area contributed by atoms with Gasteiger partial charge in [-0.05, 0) is 28.4 Å². The molecular weight excluding hydrogens is 334 g/mol. The predicted octanol–water partition coefficient (Wildman–Crippen LogP) is 4.05. The molecule has 0 aliphatic carbocycles. The van der Waals surface area contributed by atoms with E-state index in [-0.39, 0.29) is 0 Å². The van der Waals surface area contributed by atoms with Crippen LogP contribution in [0.25, 0.3) is 0 Å². The molecule has 0 atom stereocenters. The summed E-state index contributed by atoms with van der Waals surface area (Å²) in [6.45, 7) is 2.90. The zero-order valence-electron chi connectivity index (χ0n) is 12.0. The molecule has 2 aromatic rings. The van der Waals surface area contributed by atoms with Crippen molar-refractivity contribution < 1.29 is 9.47 Å². The Balaban J connectivity index is 2.37. The highest BCUT2D eigenvalue weighted by atomic mass is 79.9. The summed E-state index contributed by atoms with van der Waals surface area (Å²) in [4.78, 5) is 4.13. The van der Waals surface area contributed by atoms with Crippen molar-refractivity contribution in [3.8, 4) is 17.4 Å². The van der Waals surface area contributed by atoms with Crippen molar-refractivity contribution >= 4 is 27.3 Å². The van der Waals surface area contributed by atoms with Crippen LogP contribution in [0.2, 0.25) is 0 Å². The Morgan fingerprint density at radius 1 is 1.33 bits per heavy atom. The normalized spacial score (nSPS) is 10.2. The Morgan fingerprint density at radius 2 is 2.14 bits per heavy atom. The maximum absolute atomic E-state index is 6.16. The molecule has 0 bridgehead atoms. The second-order valence-corrected chi connectivity index (χ2v) is 5.17. The van der Waals surface area contributed by atoms with Gasteiger partial charge in [0.25, 0.3) is 0 Å². The lowest BCUT2D eigenvalue weighted by molar-refractivity contribution is 0.408. The molecule has 0 aliphatic heterocycles. The van der Waals surface area contributed by atoms with Gasteiger partial charge in [-0.1, -0.05) is 13.0 Å². The lowest BCUT2D eigenvalue weighted by Gasteiger charge is -2.17. The van der Waals surface area contributed by atoms with Crippen molar-refractivity contribution in [3.05, 3.63) is 34.9 Å². The molecule has 1 heterocycles. The van der Waals surface area contributed by atoms with E-state index >= 15 is 0 Å². The molecule has 5 nitrogen and oxygen atoms in total. The lowest BCUT2D eigenvalue weighted by Crippen LogP contribution is -2.06. The number of ether oxygens (including phenoxy) is 2. The third-order valence-corrected chi connectivity index (χ3v) is 3.67. The summed E-state index contributed by atoms with van der Waals surface area (Å²) >= 11 is 3.47. The van der Waals surface area contributed by atoms with E-state index in [1.807, 2.05) is 12.1 Å². The number of hydrogen-bond donors (Lipinski definition) is 2. The number of nitrogens with zero attached hydrogens (tertiary/aromatic N) is 1. The maximum atomic E-state index is 6.16. The van der Waals surface area contributed by atoms with Crippen molar-refractivity contribution in [2.45, 2.75) is 13.3 Å². The minimum atomic E-state index is 0.494. The highest BCUT2D eigenvalue weighted by Gasteiger charge is 2.16. The smallest absolute Gasteiger partial charge is 0.219 e. The molecule has 0 fully saturated rings. The first-order valence-corrected chi connectivity index (χ1v) is 7.45. The number of nitrogens with one attached hydrogen (secondary N) is 1. The van der Waals surface area contributed by atoms with Gasteiger partial charge in [-0.2, -0.15) is 0 Å². The van der Waals surface area contributed by atoms with E-state index in [0.29, 0.717) is 27.5 Å². The minimum absolute atomic E-state index is 0.494. The summed E-state index contributed by atoms with van der Waals surface area (Å²) in [6.07, 6.45) is 2.66. The standard InChI is InChI=1S/C15H18BrN3O2/c1-3-7-19-15-11(20-2)9-10(13(16)14(15)17)21-12-6-4-5-8-18-12/h4-6,8-9,19H,3,7,17H2,1-2H3. The molecule has 3 N–H and O–H groups in total. The first-order valence-electron chi connectivity index (χ1n) is 6.66. The molecule has 2 rings (SSSR count). The van der Waals surface area contributed by atoms with E-state index in [0.717, 1.165) is 18.7 Å². The van der Waals surface area contributed by atoms with E-state index in [1.54, 1.807) is 25.4 Å². The van der Waals surface area contributed by atoms with Gasteiger partial charge in [0.05, 0.1) is 17.3 Å². The fraction of sp³-hybridized carbons (Fsp3) is 0.267. The van der Waals surface area contributed by atoms with Crippen molar-refractivity contribution in [1.29, 1.82) is 0 Å². The maximum Gasteiger partial charge on any atom is 0.219 e. The summed E-state index contributed by atoms with van der Waals surface area (Å²) in [7, 11) is 1.60. The summed E-state index contributed by atoms with van der Waals surface area (Å²) in [5, 5.41) is 3.26. The zero-order chi connectivity index (χ0) is 15.2. The first-order chi connectivity index (χ1) is 10.2. The van der Waals surface area contributed by atoms with Gasteiger partial charge in [0.2, 0.25) is 5.88 Å². The molecule has 6 heteroatoms. The summed E-state index contributed by atoms with van der Waals surface area (Å²) in [5.41, 5.74) is 7.48. The van der Waals surface area contributed by atoms with Gasteiger partial charge in [0, 0.05) is 24.9 Å². The Morgan fingerprint density at radius 3 is 2.76 bits per heavy atom. The number of pyridine rings is 1. The van der Waals surface area contributed by atoms with E-state index < -0.39 is 0 Å². The molecule has 0 radical (unpaired) electrons. The predicted molar refractivity (Wildman–Crippen MR) is 88.2 cm³/mol. The van der Waals surface area contributed by atoms with E-state index in [2.05, 4.69) is 33.2 Å². The van der Waals surface area contributed by atoms with Gasteiger partial charge in [-0.15, -0.1) is 0 Å². The average Bonchev–Trinajstić information content (AvgIpc) is 2.52. The van der Waals surface area contributed by atoms with Gasteiger partial charge < -0.3 is 20.5 Å². The zero-order valence-corrected chi connectivity index (χ0v) is 13.6. The molecule has 0 aliphatic rings. The number of benzene rings is 1. The average molecular weight is 352 g/mol. The van der Waals surface area contributed by atoms with Gasteiger partial charge in [0.1, 0.15) is 17.2 Å². The molecule has 0 saturated carbocycles. The number of rotatable bonds is 6. The van der Waals surface area contributed by atoms with Crippen molar-refractivity contribution in [2.24, 2.45) is 0 Å². The number of nitrogen functional groups attached to an aromatic ring is 1. The second kappa shape index (κ2) is 7.17. The second-order valence-electron chi connectivity index (χ2n) is 4.38. The van der Waals surface area contributed by atoms with Gasteiger partial charge in [-0.25, -0.2) is 4.98 Å². The number of methoxy groups -OCH3 is 1. The molecule has 0 unspecified atom stereocenters. The SMILES string of the molecule is CCCNc1c(OC)cc(Oc2ccccn2)c(Br)c1N. The van der Waals surface area contributed by atoms with Crippen molar-refractivity contribution in [2.75, 3.05) is 24.7 Å². The number of hydrogen-bond acceptors (Lipinski definition) is 5. The molecule has 0 amide bonds. The minimum Gasteiger partial charge on any atom is -0.494 e. The van der Waals surface area contributed by atoms with E-state index in [4.69, 9.17) is 15.2 Å². The molecule has 21 heavy (non-hydrogen) atoms. The Hall–Kier alpha value is -1.95. The quantitative estimate of drug-likeness (QED) is 0.768. The number of aromatic nitrogens is 1. The third-order valence-electron chi connectivity index (χ3n) is 2.85. The monoisotopic (exact) mass is 351 g/mol. The van der Waals surface area contributed by atoms with Crippen molar-refractivity contribution in [1.82, 2.24) is 4.98 Å². The Bertz CT molecular complexity index is 606. The van der Waals surface area contributed by atoms with Crippen LogP contribution in [0, 0.1) is 0 Å². The summed E-state index contributed by atoms with van der Waals surface area (Å²) < 4.78 is 11.8. The van der Waals surface area contributed by atoms with Crippen LogP contribution in [0.15, 0.2) is 34.9 Å². The fourth-order valence-corrected chi connectivity index (χ4v) is 2.21. The highest BCUT2D eigenvalue weighted by Crippen LogP contribution is 2.44. The highest BCUT2D eigenvalue weighted by molar-refractivity contribution is 9.10. The summed E-state index contributed by atoms with van der Waals surface area (Å²) in [5.74, 6) is 1.69. The molecule has 0 saturated heterocycles. The van der Waals surface area contributed by atoms with Crippen LogP contribution < -0.4 is 20.5 Å². The Kier molecular flexibility index (Phi) is 5.27.